The molecular formula is C17H28N2O5. The SMILES string of the molecule is CCOc1cc(N2CCOCC2)c(OCC)cc1NCC(O)CO. The first kappa shape index (κ1) is 18.6. The number of nitrogens with one attached hydrogen (secondary N) is 1. The van der Waals surface area contributed by atoms with Crippen molar-refractivity contribution in [2.45, 2.75) is 20.0 Å². The van der Waals surface area contributed by atoms with Crippen molar-refractivity contribution >= 4 is 11.4 Å². The Morgan fingerprint density at radius 3 is 2.46 bits per heavy atom. The first-order valence-electron chi connectivity index (χ1n) is 8.48. The molecule has 1 saturated heterocycles. The van der Waals surface area contributed by atoms with Crippen LogP contribution in [0.2, 0.25) is 0 Å². The fraction of sp³-hybridized carbons (Fsp3) is 0.647. The molecule has 136 valence electrons. The van der Waals surface area contributed by atoms with E-state index in [0.717, 1.165) is 30.2 Å². The van der Waals surface area contributed by atoms with Crippen molar-refractivity contribution in [1.82, 2.24) is 0 Å². The third-order valence-electron chi connectivity index (χ3n) is 3.75. The predicted octanol–water partition coefficient (Wildman–Crippen LogP) is 1.09. The number of anilines is 2. The predicted molar refractivity (Wildman–Crippen MR) is 93.4 cm³/mol. The summed E-state index contributed by atoms with van der Waals surface area (Å²) < 4.78 is 17.0. The van der Waals surface area contributed by atoms with E-state index in [-0.39, 0.29) is 13.2 Å². The van der Waals surface area contributed by atoms with Gasteiger partial charge in [0, 0.05) is 31.8 Å². The summed E-state index contributed by atoms with van der Waals surface area (Å²) in [4.78, 5) is 2.23. The first-order valence-corrected chi connectivity index (χ1v) is 8.48. The standard InChI is InChI=1S/C17H28N2O5/c1-3-23-16-10-15(19-5-7-22-8-6-19)17(24-4-2)9-14(16)18-11-13(21)12-20/h9-10,13,18,20-21H,3-8,11-12H2,1-2H3. The van der Waals surface area contributed by atoms with E-state index in [9.17, 15) is 5.11 Å². The second-order valence-electron chi connectivity index (χ2n) is 5.50. The Hall–Kier alpha value is -1.70. The van der Waals surface area contributed by atoms with Gasteiger partial charge in [0.05, 0.1) is 50.5 Å². The molecule has 1 fully saturated rings. The number of aliphatic hydroxyl groups is 2. The summed E-state index contributed by atoms with van der Waals surface area (Å²) in [5.41, 5.74) is 1.72. The van der Waals surface area contributed by atoms with Crippen LogP contribution < -0.4 is 19.7 Å². The maximum absolute atomic E-state index is 9.56. The van der Waals surface area contributed by atoms with Gasteiger partial charge in [0.1, 0.15) is 11.5 Å². The quantitative estimate of drug-likeness (QED) is 0.620. The van der Waals surface area contributed by atoms with Gasteiger partial charge in [0.2, 0.25) is 0 Å². The molecule has 0 bridgehead atoms. The number of hydrogen-bond donors (Lipinski definition) is 3. The van der Waals surface area contributed by atoms with Crippen molar-refractivity contribution in [3.63, 3.8) is 0 Å². The molecule has 0 amide bonds. The highest BCUT2D eigenvalue weighted by Crippen LogP contribution is 2.39. The third-order valence-corrected chi connectivity index (χ3v) is 3.75. The average molecular weight is 340 g/mol. The van der Waals surface area contributed by atoms with Crippen LogP contribution >= 0.6 is 0 Å². The van der Waals surface area contributed by atoms with Crippen molar-refractivity contribution in [2.24, 2.45) is 0 Å². The summed E-state index contributed by atoms with van der Waals surface area (Å²) >= 11 is 0. The van der Waals surface area contributed by atoms with Crippen LogP contribution in [0.25, 0.3) is 0 Å². The second-order valence-corrected chi connectivity index (χ2v) is 5.50. The monoisotopic (exact) mass is 340 g/mol. The van der Waals surface area contributed by atoms with Crippen molar-refractivity contribution in [3.8, 4) is 11.5 Å². The lowest BCUT2D eigenvalue weighted by molar-refractivity contribution is 0.105. The molecule has 7 nitrogen and oxygen atoms in total. The molecule has 0 aliphatic carbocycles. The molecule has 3 N–H and O–H groups in total. The molecule has 1 aromatic rings. The van der Waals surface area contributed by atoms with Crippen molar-refractivity contribution in [3.05, 3.63) is 12.1 Å². The van der Waals surface area contributed by atoms with Crippen LogP contribution in [-0.4, -0.2) is 69.0 Å². The highest BCUT2D eigenvalue weighted by Gasteiger charge is 2.19. The van der Waals surface area contributed by atoms with Crippen molar-refractivity contribution in [2.75, 3.05) is 62.9 Å². The second kappa shape index (κ2) is 9.56. The molecule has 2 rings (SSSR count). The molecule has 1 aliphatic heterocycles. The smallest absolute Gasteiger partial charge is 0.144 e. The fourth-order valence-electron chi connectivity index (χ4n) is 2.58. The number of hydrogen-bond acceptors (Lipinski definition) is 7. The lowest BCUT2D eigenvalue weighted by Gasteiger charge is -2.31. The molecule has 7 heteroatoms. The summed E-state index contributed by atoms with van der Waals surface area (Å²) in [5.74, 6) is 1.47. The van der Waals surface area contributed by atoms with E-state index in [4.69, 9.17) is 19.3 Å². The van der Waals surface area contributed by atoms with Crippen LogP contribution in [0.5, 0.6) is 11.5 Å². The van der Waals surface area contributed by atoms with Crippen LogP contribution in [-0.2, 0) is 4.74 Å². The average Bonchev–Trinajstić information content (AvgIpc) is 2.62. The van der Waals surface area contributed by atoms with Gasteiger partial charge in [-0.25, -0.2) is 0 Å². The minimum absolute atomic E-state index is 0.235. The van der Waals surface area contributed by atoms with Crippen LogP contribution in [0.1, 0.15) is 13.8 Å². The normalized spacial score (nSPS) is 15.9. The number of ether oxygens (including phenoxy) is 3. The largest absolute Gasteiger partial charge is 0.492 e. The van der Waals surface area contributed by atoms with Gasteiger partial charge >= 0.3 is 0 Å². The molecule has 0 saturated carbocycles. The lowest BCUT2D eigenvalue weighted by atomic mass is 10.2. The Morgan fingerprint density at radius 2 is 1.83 bits per heavy atom. The topological polar surface area (TPSA) is 83.4 Å². The highest BCUT2D eigenvalue weighted by molar-refractivity contribution is 5.72. The van der Waals surface area contributed by atoms with E-state index in [1.807, 2.05) is 26.0 Å². The Kier molecular flexibility index (Phi) is 7.42. The summed E-state index contributed by atoms with van der Waals surface area (Å²) in [6, 6.07) is 3.86. The zero-order valence-electron chi connectivity index (χ0n) is 14.5. The summed E-state index contributed by atoms with van der Waals surface area (Å²) in [5, 5.41) is 21.7. The van der Waals surface area contributed by atoms with E-state index >= 15 is 0 Å². The van der Waals surface area contributed by atoms with Crippen LogP contribution in [0.3, 0.4) is 0 Å². The summed E-state index contributed by atoms with van der Waals surface area (Å²) in [6.45, 7) is 7.91. The number of benzene rings is 1. The van der Waals surface area contributed by atoms with Crippen LogP contribution in [0.15, 0.2) is 12.1 Å². The van der Waals surface area contributed by atoms with Crippen LogP contribution in [0, 0.1) is 0 Å². The Balaban J connectivity index is 2.30. The van der Waals surface area contributed by atoms with Gasteiger partial charge < -0.3 is 34.6 Å². The van der Waals surface area contributed by atoms with Gasteiger partial charge in [-0.3, -0.25) is 0 Å². The molecule has 0 spiro atoms. The van der Waals surface area contributed by atoms with Gasteiger partial charge in [0.25, 0.3) is 0 Å². The molecule has 0 aromatic heterocycles. The number of nitrogens with zero attached hydrogens (tertiary/aromatic N) is 1. The van der Waals surface area contributed by atoms with Gasteiger partial charge in [-0.2, -0.15) is 0 Å². The van der Waals surface area contributed by atoms with Gasteiger partial charge in [-0.05, 0) is 13.8 Å². The van der Waals surface area contributed by atoms with Crippen molar-refractivity contribution in [1.29, 1.82) is 0 Å². The van der Waals surface area contributed by atoms with Gasteiger partial charge in [-0.15, -0.1) is 0 Å². The molecule has 1 aliphatic rings. The van der Waals surface area contributed by atoms with Crippen LogP contribution in [0.4, 0.5) is 11.4 Å². The molecule has 1 aromatic carbocycles. The maximum Gasteiger partial charge on any atom is 0.144 e. The molecule has 1 unspecified atom stereocenters. The molecule has 24 heavy (non-hydrogen) atoms. The van der Waals surface area contributed by atoms with E-state index in [2.05, 4.69) is 10.2 Å². The van der Waals surface area contributed by atoms with E-state index in [1.54, 1.807) is 0 Å². The third kappa shape index (κ3) is 4.90. The highest BCUT2D eigenvalue weighted by atomic mass is 16.5. The zero-order chi connectivity index (χ0) is 17.4. The number of aliphatic hydroxyl groups excluding tert-OH is 2. The Morgan fingerprint density at radius 1 is 1.17 bits per heavy atom. The number of rotatable bonds is 9. The summed E-state index contributed by atoms with van der Waals surface area (Å²) in [7, 11) is 0. The van der Waals surface area contributed by atoms with E-state index < -0.39 is 6.10 Å². The molecule has 1 heterocycles. The first-order chi connectivity index (χ1) is 11.7. The fourth-order valence-corrected chi connectivity index (χ4v) is 2.58. The zero-order valence-corrected chi connectivity index (χ0v) is 14.5. The lowest BCUT2D eigenvalue weighted by Crippen LogP contribution is -2.36. The Bertz CT molecular complexity index is 506. The van der Waals surface area contributed by atoms with E-state index in [1.165, 1.54) is 0 Å². The molecular weight excluding hydrogens is 312 g/mol. The molecule has 0 radical (unpaired) electrons. The maximum atomic E-state index is 9.56. The minimum atomic E-state index is -0.825. The van der Waals surface area contributed by atoms with Crippen molar-refractivity contribution < 1.29 is 24.4 Å². The van der Waals surface area contributed by atoms with E-state index in [0.29, 0.717) is 32.2 Å². The summed E-state index contributed by atoms with van der Waals surface area (Å²) in [6.07, 6.45) is -0.825. The van der Waals surface area contributed by atoms with Gasteiger partial charge in [-0.1, -0.05) is 0 Å². The minimum Gasteiger partial charge on any atom is -0.492 e. The Labute approximate surface area is 143 Å². The molecule has 1 atom stereocenters. The van der Waals surface area contributed by atoms with Gasteiger partial charge in [0.15, 0.2) is 0 Å². The number of morpholine rings is 1.